The number of para-hydroxylation sites is 1. The number of aryl methyl sites for hydroxylation is 2. The van der Waals surface area contributed by atoms with Gasteiger partial charge in [-0.25, -0.2) is 4.98 Å². The fourth-order valence-corrected chi connectivity index (χ4v) is 4.63. The smallest absolute Gasteiger partial charge is 0.128 e. The highest BCUT2D eigenvalue weighted by molar-refractivity contribution is 5.82. The molecule has 0 atom stereocenters. The van der Waals surface area contributed by atoms with Crippen molar-refractivity contribution in [2.45, 2.75) is 20.4 Å². The van der Waals surface area contributed by atoms with E-state index in [0.29, 0.717) is 0 Å². The van der Waals surface area contributed by atoms with Gasteiger partial charge in [0, 0.05) is 17.7 Å². The van der Waals surface area contributed by atoms with Crippen molar-refractivity contribution >= 4 is 0 Å². The van der Waals surface area contributed by atoms with E-state index >= 15 is 0 Å². The van der Waals surface area contributed by atoms with Crippen LogP contribution in [0, 0.1) is 13.8 Å². The molecule has 1 aromatic heterocycles. The first-order chi connectivity index (χ1) is 16.6. The van der Waals surface area contributed by atoms with Gasteiger partial charge < -0.3 is 9.30 Å². The Bertz CT molecular complexity index is 1410. The molecule has 0 spiro atoms. The van der Waals surface area contributed by atoms with Crippen molar-refractivity contribution in [1.29, 1.82) is 0 Å². The highest BCUT2D eigenvalue weighted by Crippen LogP contribution is 2.37. The molecule has 0 aliphatic carbocycles. The minimum Gasteiger partial charge on any atom is -0.496 e. The van der Waals surface area contributed by atoms with E-state index in [1.54, 1.807) is 7.11 Å². The van der Waals surface area contributed by atoms with E-state index in [9.17, 15) is 0 Å². The predicted molar refractivity (Wildman–Crippen MR) is 140 cm³/mol. The molecule has 0 radical (unpaired) electrons. The van der Waals surface area contributed by atoms with Crippen LogP contribution in [0.15, 0.2) is 103 Å². The first kappa shape index (κ1) is 21.7. The van der Waals surface area contributed by atoms with Gasteiger partial charge in [-0.15, -0.1) is 0 Å². The summed E-state index contributed by atoms with van der Waals surface area (Å²) in [5.41, 5.74) is 10.3. The second-order valence-electron chi connectivity index (χ2n) is 8.71. The Morgan fingerprint density at radius 2 is 1.41 bits per heavy atom. The van der Waals surface area contributed by atoms with E-state index in [1.165, 1.54) is 27.8 Å². The van der Waals surface area contributed by atoms with Gasteiger partial charge in [-0.2, -0.15) is 0 Å². The van der Waals surface area contributed by atoms with Crippen molar-refractivity contribution in [3.63, 3.8) is 0 Å². The molecule has 0 bridgehead atoms. The molecule has 0 saturated carbocycles. The van der Waals surface area contributed by atoms with Crippen LogP contribution >= 0.6 is 0 Å². The molecule has 5 aromatic rings. The lowest BCUT2D eigenvalue weighted by Crippen LogP contribution is -2.02. The van der Waals surface area contributed by atoms with E-state index in [-0.39, 0.29) is 0 Å². The number of methoxy groups -OCH3 is 1. The average molecular weight is 445 g/mol. The Hall–Kier alpha value is -4.11. The summed E-state index contributed by atoms with van der Waals surface area (Å²) >= 11 is 0. The standard InChI is InChI=1S/C31H28N2O/c1-22-16-23(2)18-27(17-22)31-30(28-14-7-8-15-29(28)34-3)32-21-33(31)20-24-10-9-13-26(19-24)25-11-5-4-6-12-25/h4-19,21H,20H2,1-3H3. The molecule has 0 amide bonds. The number of aromatic nitrogens is 2. The Morgan fingerprint density at radius 1 is 0.706 bits per heavy atom. The van der Waals surface area contributed by atoms with E-state index in [2.05, 4.69) is 91.2 Å². The van der Waals surface area contributed by atoms with Gasteiger partial charge in [0.25, 0.3) is 0 Å². The zero-order valence-corrected chi connectivity index (χ0v) is 19.8. The number of nitrogens with zero attached hydrogens (tertiary/aromatic N) is 2. The normalized spacial score (nSPS) is 10.9. The molecule has 1 heterocycles. The van der Waals surface area contributed by atoms with Crippen LogP contribution in [0.25, 0.3) is 33.6 Å². The number of ether oxygens (including phenoxy) is 1. The fourth-order valence-electron chi connectivity index (χ4n) is 4.63. The summed E-state index contributed by atoms with van der Waals surface area (Å²) in [4.78, 5) is 4.89. The highest BCUT2D eigenvalue weighted by atomic mass is 16.5. The van der Waals surface area contributed by atoms with Crippen molar-refractivity contribution in [3.05, 3.63) is 120 Å². The fraction of sp³-hybridized carbons (Fsp3) is 0.129. The molecule has 34 heavy (non-hydrogen) atoms. The molecule has 3 heteroatoms. The van der Waals surface area contributed by atoms with Crippen molar-refractivity contribution in [1.82, 2.24) is 9.55 Å². The van der Waals surface area contributed by atoms with Crippen molar-refractivity contribution in [2.24, 2.45) is 0 Å². The maximum absolute atomic E-state index is 5.68. The SMILES string of the molecule is COc1ccccc1-c1ncn(Cc2cccc(-c3ccccc3)c2)c1-c1cc(C)cc(C)c1. The minimum absolute atomic E-state index is 0.727. The summed E-state index contributed by atoms with van der Waals surface area (Å²) in [6.07, 6.45) is 1.95. The molecule has 0 N–H and O–H groups in total. The average Bonchev–Trinajstić information content (AvgIpc) is 3.27. The Kier molecular flexibility index (Phi) is 6.01. The number of rotatable bonds is 6. The van der Waals surface area contributed by atoms with Crippen molar-refractivity contribution < 1.29 is 4.74 Å². The molecule has 168 valence electrons. The van der Waals surface area contributed by atoms with Crippen LogP contribution < -0.4 is 4.74 Å². The van der Waals surface area contributed by atoms with Crippen LogP contribution in [0.3, 0.4) is 0 Å². The summed E-state index contributed by atoms with van der Waals surface area (Å²) in [6, 6.07) is 34.0. The number of hydrogen-bond acceptors (Lipinski definition) is 2. The van der Waals surface area contributed by atoms with Crippen molar-refractivity contribution in [2.75, 3.05) is 7.11 Å². The van der Waals surface area contributed by atoms with Gasteiger partial charge in [0.05, 0.1) is 19.1 Å². The lowest BCUT2D eigenvalue weighted by Gasteiger charge is -2.14. The Labute approximate surface area is 201 Å². The second-order valence-corrected chi connectivity index (χ2v) is 8.71. The van der Waals surface area contributed by atoms with Crippen LogP contribution in [-0.2, 0) is 6.54 Å². The van der Waals surface area contributed by atoms with Crippen molar-refractivity contribution in [3.8, 4) is 39.4 Å². The summed E-state index contributed by atoms with van der Waals surface area (Å²) in [6.45, 7) is 5.01. The van der Waals surface area contributed by atoms with Gasteiger partial charge in [-0.05, 0) is 60.9 Å². The first-order valence-electron chi connectivity index (χ1n) is 11.5. The summed E-state index contributed by atoms with van der Waals surface area (Å²) in [5, 5.41) is 0. The van der Waals surface area contributed by atoms with Crippen LogP contribution in [0.1, 0.15) is 16.7 Å². The Morgan fingerprint density at radius 3 is 2.18 bits per heavy atom. The molecule has 3 nitrogen and oxygen atoms in total. The maximum Gasteiger partial charge on any atom is 0.128 e. The zero-order valence-electron chi connectivity index (χ0n) is 19.8. The summed E-state index contributed by atoms with van der Waals surface area (Å²) in [7, 11) is 1.71. The molecular formula is C31H28N2O. The minimum atomic E-state index is 0.727. The molecule has 5 rings (SSSR count). The van der Waals surface area contributed by atoms with Crippen LogP contribution in [0.5, 0.6) is 5.75 Å². The first-order valence-corrected chi connectivity index (χ1v) is 11.5. The van der Waals surface area contributed by atoms with Gasteiger partial charge in [0.2, 0.25) is 0 Å². The molecule has 0 aliphatic heterocycles. The van der Waals surface area contributed by atoms with Gasteiger partial charge in [-0.1, -0.05) is 77.9 Å². The number of hydrogen-bond donors (Lipinski definition) is 0. The summed E-state index contributed by atoms with van der Waals surface area (Å²) in [5.74, 6) is 0.824. The molecule has 0 saturated heterocycles. The lowest BCUT2D eigenvalue weighted by atomic mass is 10.00. The monoisotopic (exact) mass is 444 g/mol. The van der Waals surface area contributed by atoms with Crippen LogP contribution in [0.4, 0.5) is 0 Å². The van der Waals surface area contributed by atoms with E-state index < -0.39 is 0 Å². The third-order valence-electron chi connectivity index (χ3n) is 6.08. The molecule has 0 aliphatic rings. The van der Waals surface area contributed by atoms with Crippen LogP contribution in [-0.4, -0.2) is 16.7 Å². The van der Waals surface area contributed by atoms with E-state index in [4.69, 9.17) is 9.72 Å². The lowest BCUT2D eigenvalue weighted by molar-refractivity contribution is 0.416. The number of imidazole rings is 1. The van der Waals surface area contributed by atoms with Gasteiger partial charge in [0.1, 0.15) is 11.4 Å². The number of benzene rings is 4. The largest absolute Gasteiger partial charge is 0.496 e. The quantitative estimate of drug-likeness (QED) is 0.270. The molecular weight excluding hydrogens is 416 g/mol. The van der Waals surface area contributed by atoms with E-state index in [1.807, 2.05) is 30.6 Å². The van der Waals surface area contributed by atoms with Gasteiger partial charge >= 0.3 is 0 Å². The topological polar surface area (TPSA) is 27.1 Å². The van der Waals surface area contributed by atoms with Gasteiger partial charge in [0.15, 0.2) is 0 Å². The van der Waals surface area contributed by atoms with Crippen LogP contribution in [0.2, 0.25) is 0 Å². The maximum atomic E-state index is 5.68. The third kappa shape index (κ3) is 4.38. The van der Waals surface area contributed by atoms with Gasteiger partial charge in [-0.3, -0.25) is 0 Å². The Balaban J connectivity index is 1.63. The third-order valence-corrected chi connectivity index (χ3v) is 6.08. The predicted octanol–water partition coefficient (Wildman–Crippen LogP) is 7.56. The molecule has 4 aromatic carbocycles. The van der Waals surface area contributed by atoms with E-state index in [0.717, 1.165) is 34.8 Å². The zero-order chi connectivity index (χ0) is 23.5. The highest BCUT2D eigenvalue weighted by Gasteiger charge is 2.19. The molecule has 0 fully saturated rings. The summed E-state index contributed by atoms with van der Waals surface area (Å²) < 4.78 is 7.93. The molecule has 0 unspecified atom stereocenters. The second kappa shape index (κ2) is 9.40.